The van der Waals surface area contributed by atoms with Crippen LogP contribution in [0, 0.1) is 0 Å². The van der Waals surface area contributed by atoms with Crippen molar-refractivity contribution in [3.05, 3.63) is 52.6 Å². The van der Waals surface area contributed by atoms with Crippen molar-refractivity contribution in [2.75, 3.05) is 7.05 Å². The molecule has 1 aromatic carbocycles. The van der Waals surface area contributed by atoms with E-state index >= 15 is 0 Å². The van der Waals surface area contributed by atoms with Crippen LogP contribution in [-0.2, 0) is 26.6 Å². The Balaban J connectivity index is 1.70. The number of halogens is 1. The van der Waals surface area contributed by atoms with Crippen LogP contribution in [0.15, 0.2) is 34.7 Å². The quantitative estimate of drug-likeness (QED) is 0.686. The second-order valence-corrected chi connectivity index (χ2v) is 6.09. The molecule has 0 N–H and O–H groups in total. The third kappa shape index (κ3) is 3.49. The van der Waals surface area contributed by atoms with Gasteiger partial charge in [0.15, 0.2) is 0 Å². The molecule has 0 unspecified atom stereocenters. The first-order valence-corrected chi connectivity index (χ1v) is 8.22. The molecule has 0 spiro atoms. The summed E-state index contributed by atoms with van der Waals surface area (Å²) < 4.78 is 7.46. The minimum Gasteiger partial charge on any atom is -0.419 e. The van der Waals surface area contributed by atoms with E-state index in [4.69, 9.17) is 16.0 Å². The minimum atomic E-state index is 0.535. The molecule has 3 rings (SSSR count). The highest BCUT2D eigenvalue weighted by Crippen LogP contribution is 2.22. The van der Waals surface area contributed by atoms with E-state index in [2.05, 4.69) is 27.1 Å². The summed E-state index contributed by atoms with van der Waals surface area (Å²) in [6.45, 7) is 3.30. The highest BCUT2D eigenvalue weighted by molar-refractivity contribution is 6.30. The second-order valence-electron chi connectivity index (χ2n) is 5.73. The van der Waals surface area contributed by atoms with Gasteiger partial charge in [-0.1, -0.05) is 36.7 Å². The first-order valence-electron chi connectivity index (χ1n) is 7.85. The Hall–Kier alpha value is -2.18. The Morgan fingerprint density at radius 1 is 1.17 bits per heavy atom. The topological polar surface area (TPSA) is 60.0 Å². The molecule has 0 saturated carbocycles. The molecular weight excluding hydrogens is 326 g/mol. The summed E-state index contributed by atoms with van der Waals surface area (Å²) in [5.41, 5.74) is 2.99. The third-order valence-corrected chi connectivity index (χ3v) is 4.28. The van der Waals surface area contributed by atoms with Crippen molar-refractivity contribution in [2.24, 2.45) is 7.05 Å². The molecule has 0 radical (unpaired) electrons. The van der Waals surface area contributed by atoms with Crippen LogP contribution in [0.1, 0.15) is 24.1 Å². The van der Waals surface area contributed by atoms with E-state index in [0.717, 1.165) is 23.2 Å². The Morgan fingerprint density at radius 3 is 2.62 bits per heavy atom. The highest BCUT2D eigenvalue weighted by atomic mass is 35.5. The molecule has 7 heteroatoms. The van der Waals surface area contributed by atoms with Crippen molar-refractivity contribution in [3.8, 4) is 11.5 Å². The number of hydrogen-bond acceptors (Lipinski definition) is 5. The average molecular weight is 346 g/mol. The molecule has 24 heavy (non-hydrogen) atoms. The van der Waals surface area contributed by atoms with Crippen LogP contribution in [0.3, 0.4) is 0 Å². The lowest BCUT2D eigenvalue weighted by Crippen LogP contribution is -2.18. The van der Waals surface area contributed by atoms with E-state index in [1.54, 1.807) is 4.68 Å². The molecule has 0 fully saturated rings. The normalized spacial score (nSPS) is 11.4. The lowest BCUT2D eigenvalue weighted by atomic mass is 10.2. The molecule has 0 amide bonds. The summed E-state index contributed by atoms with van der Waals surface area (Å²) in [4.78, 5) is 2.09. The van der Waals surface area contributed by atoms with Gasteiger partial charge in [-0.3, -0.25) is 9.58 Å². The Labute approximate surface area is 146 Å². The highest BCUT2D eigenvalue weighted by Gasteiger charge is 2.17. The summed E-state index contributed by atoms with van der Waals surface area (Å²) >= 11 is 6.35. The smallest absolute Gasteiger partial charge is 0.247 e. The summed E-state index contributed by atoms with van der Waals surface area (Å²) in [6.07, 6.45) is 0.850. The van der Waals surface area contributed by atoms with Crippen LogP contribution in [-0.4, -0.2) is 31.9 Å². The van der Waals surface area contributed by atoms with Gasteiger partial charge in [0.25, 0.3) is 0 Å². The summed E-state index contributed by atoms with van der Waals surface area (Å²) in [6, 6.07) is 9.75. The molecule has 0 bridgehead atoms. The van der Waals surface area contributed by atoms with Crippen LogP contribution >= 0.6 is 11.6 Å². The maximum atomic E-state index is 6.35. The molecular formula is C17H20ClN5O. The molecule has 0 aliphatic carbocycles. The molecule has 3 aromatic rings. The summed E-state index contributed by atoms with van der Waals surface area (Å²) in [5, 5.41) is 13.4. The fourth-order valence-electron chi connectivity index (χ4n) is 2.61. The van der Waals surface area contributed by atoms with Gasteiger partial charge >= 0.3 is 0 Å². The molecule has 0 atom stereocenters. The van der Waals surface area contributed by atoms with Crippen LogP contribution < -0.4 is 0 Å². The monoisotopic (exact) mass is 345 g/mol. The van der Waals surface area contributed by atoms with Gasteiger partial charge in [0.2, 0.25) is 11.8 Å². The van der Waals surface area contributed by atoms with Gasteiger partial charge in [0.05, 0.1) is 12.2 Å². The third-order valence-electron chi connectivity index (χ3n) is 3.81. The molecule has 2 heterocycles. The molecule has 126 valence electrons. The van der Waals surface area contributed by atoms with Crippen LogP contribution in [0.4, 0.5) is 0 Å². The predicted molar refractivity (Wildman–Crippen MR) is 92.5 cm³/mol. The largest absolute Gasteiger partial charge is 0.419 e. The van der Waals surface area contributed by atoms with E-state index in [9.17, 15) is 0 Å². The first kappa shape index (κ1) is 16.7. The number of aryl methyl sites for hydroxylation is 2. The zero-order valence-electron chi connectivity index (χ0n) is 14.0. The Bertz CT molecular complexity index is 812. The van der Waals surface area contributed by atoms with Crippen LogP contribution in [0.2, 0.25) is 5.15 Å². The first-order chi connectivity index (χ1) is 11.6. The van der Waals surface area contributed by atoms with Crippen LogP contribution in [0.25, 0.3) is 11.5 Å². The summed E-state index contributed by atoms with van der Waals surface area (Å²) in [5.74, 6) is 1.11. The number of rotatable bonds is 6. The lowest BCUT2D eigenvalue weighted by molar-refractivity contribution is 0.282. The van der Waals surface area contributed by atoms with Crippen LogP contribution in [0.5, 0.6) is 0 Å². The Morgan fingerprint density at radius 2 is 1.92 bits per heavy atom. The molecule has 6 nitrogen and oxygen atoms in total. The predicted octanol–water partition coefficient (Wildman–Crippen LogP) is 3.32. The van der Waals surface area contributed by atoms with E-state index in [1.807, 2.05) is 44.4 Å². The molecule has 0 saturated heterocycles. The molecule has 0 aliphatic heterocycles. The standard InChI is InChI=1S/C17H20ClN5O/c1-4-14-13(16(18)23(3)21-14)10-22(2)11-15-19-20-17(24-15)12-8-6-5-7-9-12/h5-9H,4,10-11H2,1-3H3. The van der Waals surface area contributed by atoms with Crippen molar-refractivity contribution in [1.29, 1.82) is 0 Å². The number of nitrogens with zero attached hydrogens (tertiary/aromatic N) is 5. The average Bonchev–Trinajstić information content (AvgIpc) is 3.15. The zero-order valence-corrected chi connectivity index (χ0v) is 14.8. The van der Waals surface area contributed by atoms with E-state index in [1.165, 1.54) is 0 Å². The maximum absolute atomic E-state index is 6.35. The van der Waals surface area contributed by atoms with Gasteiger partial charge in [-0.15, -0.1) is 10.2 Å². The van der Waals surface area contributed by atoms with Gasteiger partial charge in [-0.25, -0.2) is 0 Å². The zero-order chi connectivity index (χ0) is 17.1. The fraction of sp³-hybridized carbons (Fsp3) is 0.353. The van der Waals surface area contributed by atoms with E-state index in [0.29, 0.717) is 30.0 Å². The van der Waals surface area contributed by atoms with Crippen molar-refractivity contribution in [1.82, 2.24) is 24.9 Å². The number of benzene rings is 1. The van der Waals surface area contributed by atoms with Gasteiger partial charge in [0.1, 0.15) is 5.15 Å². The van der Waals surface area contributed by atoms with Crippen molar-refractivity contribution >= 4 is 11.6 Å². The SMILES string of the molecule is CCc1nn(C)c(Cl)c1CN(C)Cc1nnc(-c2ccccc2)o1. The van der Waals surface area contributed by atoms with Gasteiger partial charge in [0, 0.05) is 24.7 Å². The minimum absolute atomic E-state index is 0.535. The molecule has 0 aliphatic rings. The van der Waals surface area contributed by atoms with Gasteiger partial charge < -0.3 is 4.42 Å². The van der Waals surface area contributed by atoms with Crippen molar-refractivity contribution < 1.29 is 4.42 Å². The number of hydrogen-bond donors (Lipinski definition) is 0. The Kier molecular flexibility index (Phi) is 4.97. The van der Waals surface area contributed by atoms with E-state index in [-0.39, 0.29) is 0 Å². The summed E-state index contributed by atoms with van der Waals surface area (Å²) in [7, 11) is 3.85. The van der Waals surface area contributed by atoms with Gasteiger partial charge in [-0.05, 0) is 25.6 Å². The van der Waals surface area contributed by atoms with E-state index < -0.39 is 0 Å². The molecule has 2 aromatic heterocycles. The number of aromatic nitrogens is 4. The van der Waals surface area contributed by atoms with Gasteiger partial charge in [-0.2, -0.15) is 5.10 Å². The van der Waals surface area contributed by atoms with Crippen molar-refractivity contribution in [2.45, 2.75) is 26.4 Å². The van der Waals surface area contributed by atoms with Crippen molar-refractivity contribution in [3.63, 3.8) is 0 Å². The lowest BCUT2D eigenvalue weighted by Gasteiger charge is -2.14. The fourth-order valence-corrected chi connectivity index (χ4v) is 2.82. The maximum Gasteiger partial charge on any atom is 0.247 e. The second kappa shape index (κ2) is 7.15.